The Bertz CT molecular complexity index is 347. The highest BCUT2D eigenvalue weighted by atomic mass is 19.1. The second kappa shape index (κ2) is 4.22. The van der Waals surface area contributed by atoms with Crippen LogP contribution in [-0.2, 0) is 4.79 Å². The van der Waals surface area contributed by atoms with Crippen molar-refractivity contribution in [3.05, 3.63) is 29.6 Å². The van der Waals surface area contributed by atoms with Crippen LogP contribution in [0.1, 0.15) is 19.4 Å². The fraction of sp³-hybridized carbons (Fsp3) is 0.364. The summed E-state index contributed by atoms with van der Waals surface area (Å²) in [5, 5.41) is 2.52. The van der Waals surface area contributed by atoms with E-state index >= 15 is 0 Å². The lowest BCUT2D eigenvalue weighted by atomic mass is 10.2. The number of amides is 1. The number of hydrogen-bond acceptors (Lipinski definition) is 1. The zero-order valence-electron chi connectivity index (χ0n) is 8.60. The van der Waals surface area contributed by atoms with Gasteiger partial charge >= 0.3 is 0 Å². The van der Waals surface area contributed by atoms with E-state index in [1.54, 1.807) is 32.9 Å². The van der Waals surface area contributed by atoms with Crippen molar-refractivity contribution in [2.45, 2.75) is 20.8 Å². The Morgan fingerprint density at radius 2 is 2.07 bits per heavy atom. The minimum atomic E-state index is -0.390. The number of hydrogen-bond donors (Lipinski definition) is 1. The average Bonchev–Trinajstić information content (AvgIpc) is 2.09. The van der Waals surface area contributed by atoms with Crippen molar-refractivity contribution >= 4 is 11.6 Å². The predicted molar refractivity (Wildman–Crippen MR) is 54.6 cm³/mol. The van der Waals surface area contributed by atoms with E-state index in [0.717, 1.165) is 5.56 Å². The van der Waals surface area contributed by atoms with E-state index in [4.69, 9.17) is 0 Å². The molecule has 3 heteroatoms. The molecule has 1 amide bonds. The second-order valence-electron chi connectivity index (χ2n) is 3.63. The fourth-order valence-electron chi connectivity index (χ4n) is 0.999. The quantitative estimate of drug-likeness (QED) is 0.772. The highest BCUT2D eigenvalue weighted by molar-refractivity contribution is 5.92. The fourth-order valence-corrected chi connectivity index (χ4v) is 0.999. The molecule has 1 aromatic carbocycles. The van der Waals surface area contributed by atoms with Gasteiger partial charge in [-0.2, -0.15) is 0 Å². The molecule has 0 atom stereocenters. The van der Waals surface area contributed by atoms with Gasteiger partial charge < -0.3 is 5.32 Å². The van der Waals surface area contributed by atoms with E-state index < -0.39 is 0 Å². The maximum Gasteiger partial charge on any atom is 0.227 e. The molecule has 0 heterocycles. The molecule has 0 unspecified atom stereocenters. The molecule has 0 aliphatic rings. The van der Waals surface area contributed by atoms with E-state index in [-0.39, 0.29) is 23.3 Å². The van der Waals surface area contributed by atoms with Crippen LogP contribution in [0.5, 0.6) is 0 Å². The molecule has 1 rings (SSSR count). The Balaban J connectivity index is 2.82. The maximum atomic E-state index is 13.3. The van der Waals surface area contributed by atoms with Gasteiger partial charge in [-0.3, -0.25) is 4.79 Å². The van der Waals surface area contributed by atoms with Crippen molar-refractivity contribution in [2.24, 2.45) is 5.92 Å². The first-order valence-electron chi connectivity index (χ1n) is 4.57. The Hall–Kier alpha value is -1.38. The van der Waals surface area contributed by atoms with Crippen LogP contribution >= 0.6 is 0 Å². The Morgan fingerprint density at radius 1 is 1.43 bits per heavy atom. The number of nitrogens with one attached hydrogen (secondary N) is 1. The maximum absolute atomic E-state index is 13.3. The minimum Gasteiger partial charge on any atom is -0.323 e. The van der Waals surface area contributed by atoms with Gasteiger partial charge in [0.05, 0.1) is 5.69 Å². The van der Waals surface area contributed by atoms with Crippen LogP contribution in [-0.4, -0.2) is 5.91 Å². The minimum absolute atomic E-state index is 0.143. The molecule has 0 aliphatic heterocycles. The number of carbonyl (C=O) groups is 1. The molecule has 1 aromatic rings. The van der Waals surface area contributed by atoms with Gasteiger partial charge in [-0.05, 0) is 24.6 Å². The van der Waals surface area contributed by atoms with E-state index in [0.29, 0.717) is 0 Å². The largest absolute Gasteiger partial charge is 0.323 e. The van der Waals surface area contributed by atoms with E-state index in [1.165, 1.54) is 6.07 Å². The lowest BCUT2D eigenvalue weighted by Crippen LogP contribution is -2.18. The molecule has 0 radical (unpaired) electrons. The summed E-state index contributed by atoms with van der Waals surface area (Å²) in [6.45, 7) is 5.33. The molecule has 76 valence electrons. The van der Waals surface area contributed by atoms with Gasteiger partial charge in [-0.25, -0.2) is 4.39 Å². The lowest BCUT2D eigenvalue weighted by Gasteiger charge is -2.08. The monoisotopic (exact) mass is 195 g/mol. The zero-order valence-corrected chi connectivity index (χ0v) is 8.60. The lowest BCUT2D eigenvalue weighted by molar-refractivity contribution is -0.118. The molecule has 0 spiro atoms. The van der Waals surface area contributed by atoms with Gasteiger partial charge in [-0.15, -0.1) is 0 Å². The van der Waals surface area contributed by atoms with Gasteiger partial charge in [0.15, 0.2) is 0 Å². The van der Waals surface area contributed by atoms with Crippen LogP contribution in [0.3, 0.4) is 0 Å². The average molecular weight is 195 g/mol. The Morgan fingerprint density at radius 3 is 2.57 bits per heavy atom. The van der Waals surface area contributed by atoms with Crippen molar-refractivity contribution < 1.29 is 9.18 Å². The molecule has 14 heavy (non-hydrogen) atoms. The van der Waals surface area contributed by atoms with E-state index in [1.807, 2.05) is 0 Å². The molecule has 2 nitrogen and oxygen atoms in total. The molecule has 0 aromatic heterocycles. The summed E-state index contributed by atoms with van der Waals surface area (Å²) in [5.41, 5.74) is 1.08. The summed E-state index contributed by atoms with van der Waals surface area (Å²) in [5.74, 6) is -0.706. The summed E-state index contributed by atoms with van der Waals surface area (Å²) in [6.07, 6.45) is 0. The SMILES string of the molecule is Cc1ccc(NC(=O)C(C)C)c(F)c1. The number of halogens is 1. The third-order valence-corrected chi connectivity index (χ3v) is 1.91. The third-order valence-electron chi connectivity index (χ3n) is 1.91. The van der Waals surface area contributed by atoms with Crippen LogP contribution < -0.4 is 5.32 Å². The Kier molecular flexibility index (Phi) is 3.23. The van der Waals surface area contributed by atoms with Gasteiger partial charge in [0.25, 0.3) is 0 Å². The first-order valence-corrected chi connectivity index (χ1v) is 4.57. The standard InChI is InChI=1S/C11H14FNO/c1-7(2)11(14)13-10-5-4-8(3)6-9(10)12/h4-7H,1-3H3,(H,13,14). The number of rotatable bonds is 2. The molecule has 0 saturated carbocycles. The van der Waals surface area contributed by atoms with Crippen molar-refractivity contribution in [3.63, 3.8) is 0 Å². The number of carbonyl (C=O) groups excluding carboxylic acids is 1. The molecule has 0 aliphatic carbocycles. The van der Waals surface area contributed by atoms with Crippen LogP contribution in [0, 0.1) is 18.7 Å². The van der Waals surface area contributed by atoms with Crippen LogP contribution in [0.15, 0.2) is 18.2 Å². The van der Waals surface area contributed by atoms with Crippen LogP contribution in [0.4, 0.5) is 10.1 Å². The van der Waals surface area contributed by atoms with Gasteiger partial charge in [-0.1, -0.05) is 19.9 Å². The highest BCUT2D eigenvalue weighted by Crippen LogP contribution is 2.15. The topological polar surface area (TPSA) is 29.1 Å². The molecule has 0 fully saturated rings. The number of benzene rings is 1. The molecular formula is C11H14FNO. The van der Waals surface area contributed by atoms with Gasteiger partial charge in [0.2, 0.25) is 5.91 Å². The zero-order chi connectivity index (χ0) is 10.7. The van der Waals surface area contributed by atoms with E-state index in [2.05, 4.69) is 5.32 Å². The number of anilines is 1. The van der Waals surface area contributed by atoms with E-state index in [9.17, 15) is 9.18 Å². The molecule has 0 saturated heterocycles. The summed E-state index contributed by atoms with van der Waals surface area (Å²) in [6, 6.07) is 4.74. The smallest absolute Gasteiger partial charge is 0.227 e. The summed E-state index contributed by atoms with van der Waals surface area (Å²) >= 11 is 0. The third kappa shape index (κ3) is 2.55. The molecule has 0 bridgehead atoms. The second-order valence-corrected chi connectivity index (χ2v) is 3.63. The van der Waals surface area contributed by atoms with Crippen molar-refractivity contribution in [1.29, 1.82) is 0 Å². The number of aryl methyl sites for hydroxylation is 1. The van der Waals surface area contributed by atoms with Crippen LogP contribution in [0.2, 0.25) is 0 Å². The molecule has 1 N–H and O–H groups in total. The van der Waals surface area contributed by atoms with Crippen LogP contribution in [0.25, 0.3) is 0 Å². The first-order chi connectivity index (χ1) is 6.50. The van der Waals surface area contributed by atoms with Crippen molar-refractivity contribution in [3.8, 4) is 0 Å². The summed E-state index contributed by atoms with van der Waals surface area (Å²) < 4.78 is 13.3. The Labute approximate surface area is 83.1 Å². The predicted octanol–water partition coefficient (Wildman–Crippen LogP) is 2.73. The first kappa shape index (κ1) is 10.7. The highest BCUT2D eigenvalue weighted by Gasteiger charge is 2.09. The summed E-state index contributed by atoms with van der Waals surface area (Å²) in [7, 11) is 0. The van der Waals surface area contributed by atoms with Gasteiger partial charge in [0, 0.05) is 5.92 Å². The normalized spacial score (nSPS) is 10.4. The molecular weight excluding hydrogens is 181 g/mol. The summed E-state index contributed by atoms with van der Waals surface area (Å²) in [4.78, 5) is 11.3. The van der Waals surface area contributed by atoms with Crippen molar-refractivity contribution in [1.82, 2.24) is 0 Å². The van der Waals surface area contributed by atoms with Crippen molar-refractivity contribution in [2.75, 3.05) is 5.32 Å². The van der Waals surface area contributed by atoms with Gasteiger partial charge in [0.1, 0.15) is 5.82 Å².